The molecular formula is C53H62O16. The van der Waals surface area contributed by atoms with Gasteiger partial charge in [0.15, 0.2) is 24.1 Å². The van der Waals surface area contributed by atoms with Gasteiger partial charge in [0, 0.05) is 24.1 Å². The van der Waals surface area contributed by atoms with Crippen LogP contribution in [0.15, 0.2) is 110 Å². The molecule has 0 aliphatic heterocycles. The third-order valence-electron chi connectivity index (χ3n) is 10.3. The zero-order chi connectivity index (χ0) is 49.3. The summed E-state index contributed by atoms with van der Waals surface area (Å²) in [4.78, 5) is 84.8. The van der Waals surface area contributed by atoms with Crippen molar-refractivity contribution in [2.45, 2.75) is 96.2 Å². The molecular weight excluding hydrogens is 893 g/mol. The normalized spacial score (nSPS) is 11.1. The maximum Gasteiger partial charge on any atom is 0.330 e. The van der Waals surface area contributed by atoms with Gasteiger partial charge in [-0.2, -0.15) is 9.78 Å². The van der Waals surface area contributed by atoms with Crippen molar-refractivity contribution in [2.75, 3.05) is 33.0 Å². The first-order valence-corrected chi connectivity index (χ1v) is 23.1. The second-order valence-corrected chi connectivity index (χ2v) is 15.6. The minimum Gasteiger partial charge on any atom is -0.494 e. The SMILES string of the molecule is C=CC(=O)OCCCCCCOc1ccc(COOc2ccc(OC(=O)CCCCCCOOc3ccc(C(OO)c4ccc(OCCCCCCOC(=O)C=C)cc4)c(C=O)c3)cc2C=O)cc1. The molecule has 0 saturated carbocycles. The Labute approximate surface area is 402 Å². The fourth-order valence-electron chi connectivity index (χ4n) is 6.62. The molecule has 4 rings (SSSR count). The van der Waals surface area contributed by atoms with Gasteiger partial charge in [0.25, 0.3) is 0 Å². The van der Waals surface area contributed by atoms with Gasteiger partial charge in [0.1, 0.15) is 30.0 Å². The second kappa shape index (κ2) is 32.8. The molecule has 1 unspecified atom stereocenters. The maximum atomic E-state index is 12.5. The van der Waals surface area contributed by atoms with E-state index in [2.05, 4.69) is 13.2 Å². The Balaban J connectivity index is 1.06. The number of benzene rings is 4. The highest BCUT2D eigenvalue weighted by Gasteiger charge is 2.20. The predicted octanol–water partition coefficient (Wildman–Crippen LogP) is 10.6. The first kappa shape index (κ1) is 54.8. The Bertz CT molecular complexity index is 2190. The van der Waals surface area contributed by atoms with Gasteiger partial charge >= 0.3 is 17.9 Å². The van der Waals surface area contributed by atoms with Crippen LogP contribution in [0.4, 0.5) is 0 Å². The number of ether oxygens (including phenoxy) is 5. The molecule has 0 fully saturated rings. The Morgan fingerprint density at radius 2 is 1.06 bits per heavy atom. The maximum absolute atomic E-state index is 12.5. The fourth-order valence-corrected chi connectivity index (χ4v) is 6.62. The van der Waals surface area contributed by atoms with Crippen LogP contribution in [0.3, 0.4) is 0 Å². The first-order valence-electron chi connectivity index (χ1n) is 23.1. The van der Waals surface area contributed by atoms with E-state index in [-0.39, 0.29) is 42.3 Å². The van der Waals surface area contributed by atoms with E-state index in [0.29, 0.717) is 74.5 Å². The van der Waals surface area contributed by atoms with Gasteiger partial charge in [0.05, 0.1) is 38.6 Å². The van der Waals surface area contributed by atoms with Crippen LogP contribution in [0.5, 0.6) is 28.7 Å². The first-order chi connectivity index (χ1) is 33.8. The molecule has 0 aliphatic rings. The summed E-state index contributed by atoms with van der Waals surface area (Å²) < 4.78 is 27.0. The van der Waals surface area contributed by atoms with Gasteiger partial charge < -0.3 is 33.5 Å². The number of hydrogen-bond donors (Lipinski definition) is 1. The number of carbonyl (C=O) groups excluding carboxylic acids is 5. The van der Waals surface area contributed by atoms with Crippen LogP contribution >= 0.6 is 0 Å². The molecule has 0 aromatic heterocycles. The lowest BCUT2D eigenvalue weighted by atomic mass is 9.97. The van der Waals surface area contributed by atoms with Crippen molar-refractivity contribution in [3.05, 3.63) is 138 Å². The lowest BCUT2D eigenvalue weighted by Crippen LogP contribution is -2.08. The van der Waals surface area contributed by atoms with Crippen LogP contribution in [0.2, 0.25) is 0 Å². The van der Waals surface area contributed by atoms with Crippen LogP contribution in [0, 0.1) is 0 Å². The van der Waals surface area contributed by atoms with Crippen LogP contribution in [-0.2, 0) is 45.1 Å². The van der Waals surface area contributed by atoms with E-state index in [9.17, 15) is 29.2 Å². The van der Waals surface area contributed by atoms with Crippen LogP contribution in [0.1, 0.15) is 127 Å². The minimum absolute atomic E-state index is 0.114. The molecule has 1 N–H and O–H groups in total. The van der Waals surface area contributed by atoms with Gasteiger partial charge in [-0.1, -0.05) is 56.3 Å². The van der Waals surface area contributed by atoms with Crippen LogP contribution < -0.4 is 24.0 Å². The van der Waals surface area contributed by atoms with Crippen molar-refractivity contribution < 1.29 is 77.4 Å². The molecule has 0 spiro atoms. The fraction of sp³-hybridized carbons (Fsp3) is 0.377. The van der Waals surface area contributed by atoms with Crippen LogP contribution in [-0.4, -0.2) is 68.8 Å². The smallest absolute Gasteiger partial charge is 0.330 e. The molecule has 0 saturated heterocycles. The number of carbonyl (C=O) groups is 5. The van der Waals surface area contributed by atoms with Gasteiger partial charge in [-0.15, -0.1) is 0 Å². The summed E-state index contributed by atoms with van der Waals surface area (Å²) in [5.41, 5.74) is 2.25. The lowest BCUT2D eigenvalue weighted by molar-refractivity contribution is -0.270. The molecule has 0 aliphatic carbocycles. The molecule has 0 radical (unpaired) electrons. The number of aldehydes is 2. The third-order valence-corrected chi connectivity index (χ3v) is 10.3. The Hall–Kier alpha value is -6.85. The summed E-state index contributed by atoms with van der Waals surface area (Å²) >= 11 is 0. The number of rotatable bonds is 37. The molecule has 4 aromatic carbocycles. The Kier molecular flexibility index (Phi) is 26.0. The summed E-state index contributed by atoms with van der Waals surface area (Å²) in [6.45, 7) is 8.95. The van der Waals surface area contributed by atoms with E-state index >= 15 is 0 Å². The summed E-state index contributed by atoms with van der Waals surface area (Å²) in [5.74, 6) is 0.778. The van der Waals surface area contributed by atoms with E-state index < -0.39 is 24.0 Å². The molecule has 370 valence electrons. The van der Waals surface area contributed by atoms with Gasteiger partial charge in [-0.3, -0.25) is 19.6 Å². The summed E-state index contributed by atoms with van der Waals surface area (Å²) in [6, 6.07) is 23.5. The summed E-state index contributed by atoms with van der Waals surface area (Å²) in [7, 11) is 0. The molecule has 16 nitrogen and oxygen atoms in total. The van der Waals surface area contributed by atoms with Crippen molar-refractivity contribution in [1.29, 1.82) is 0 Å². The lowest BCUT2D eigenvalue weighted by Gasteiger charge is -2.17. The molecule has 69 heavy (non-hydrogen) atoms. The quantitative estimate of drug-likeness (QED) is 0.00851. The highest BCUT2D eigenvalue weighted by molar-refractivity contribution is 5.82. The summed E-state index contributed by atoms with van der Waals surface area (Å²) in [6.07, 6.45) is 12.5. The average Bonchev–Trinajstić information content (AvgIpc) is 3.37. The topological polar surface area (TPSA) is 198 Å². The molecule has 4 aromatic rings. The van der Waals surface area contributed by atoms with E-state index in [1.165, 1.54) is 24.3 Å². The molecule has 16 heteroatoms. The monoisotopic (exact) mass is 954 g/mol. The number of esters is 3. The standard InChI is InChI=1S/C53H62O16/c1-3-50(56)62-32-14-9-7-12-30-60-44-22-18-40(19-23-44)39-65-69-49-29-27-46(36-43(49)38-55)66-52(58)17-11-5-6-16-34-64-68-47-26-28-48(42(35-47)37-54)53(67-59)41-20-24-45(25-21-41)61-31-13-8-10-15-33-63-51(57)4-2/h3-4,18-29,35-38,53,59H,1-2,5-17,30-34,39H2. The van der Waals surface area contributed by atoms with Crippen LogP contribution in [0.25, 0.3) is 0 Å². The summed E-state index contributed by atoms with van der Waals surface area (Å²) in [5, 5.41) is 9.79. The molecule has 0 bridgehead atoms. The van der Waals surface area contributed by atoms with E-state index in [1.54, 1.807) is 36.4 Å². The minimum atomic E-state index is -0.941. The van der Waals surface area contributed by atoms with Crippen molar-refractivity contribution >= 4 is 30.5 Å². The van der Waals surface area contributed by atoms with Crippen molar-refractivity contribution in [3.8, 4) is 28.7 Å². The molecule has 0 amide bonds. The van der Waals surface area contributed by atoms with Crippen molar-refractivity contribution in [1.82, 2.24) is 0 Å². The number of unbranched alkanes of at least 4 members (excludes halogenated alkanes) is 9. The largest absolute Gasteiger partial charge is 0.494 e. The second-order valence-electron chi connectivity index (χ2n) is 15.6. The predicted molar refractivity (Wildman–Crippen MR) is 253 cm³/mol. The van der Waals surface area contributed by atoms with E-state index in [4.69, 9.17) is 48.1 Å². The highest BCUT2D eigenvalue weighted by Crippen LogP contribution is 2.31. The van der Waals surface area contributed by atoms with Gasteiger partial charge in [-0.25, -0.2) is 14.5 Å². The van der Waals surface area contributed by atoms with E-state index in [0.717, 1.165) is 87.7 Å². The van der Waals surface area contributed by atoms with Gasteiger partial charge in [-0.05, 0) is 135 Å². The average molecular weight is 955 g/mol. The molecule has 0 heterocycles. The number of hydrogen-bond acceptors (Lipinski definition) is 16. The Morgan fingerprint density at radius 1 is 0.536 bits per heavy atom. The Morgan fingerprint density at radius 3 is 1.64 bits per heavy atom. The van der Waals surface area contributed by atoms with E-state index in [1.807, 2.05) is 24.3 Å². The third kappa shape index (κ3) is 21.3. The van der Waals surface area contributed by atoms with Crippen molar-refractivity contribution in [2.24, 2.45) is 0 Å². The zero-order valence-electron chi connectivity index (χ0n) is 38.9. The van der Waals surface area contributed by atoms with Crippen molar-refractivity contribution in [3.63, 3.8) is 0 Å². The van der Waals surface area contributed by atoms with Gasteiger partial charge in [0.2, 0.25) is 0 Å². The highest BCUT2D eigenvalue weighted by atomic mass is 17.2. The zero-order valence-corrected chi connectivity index (χ0v) is 38.9. The molecule has 1 atom stereocenters.